The van der Waals surface area contributed by atoms with E-state index < -0.39 is 0 Å². The summed E-state index contributed by atoms with van der Waals surface area (Å²) in [5, 5.41) is 0. The fraction of sp³-hybridized carbons (Fsp3) is 1.00. The van der Waals surface area contributed by atoms with Crippen molar-refractivity contribution in [2.24, 2.45) is 35.5 Å². The summed E-state index contributed by atoms with van der Waals surface area (Å²) in [6.45, 7) is 4.76. The molecule has 122 valence electrons. The van der Waals surface area contributed by atoms with Crippen LogP contribution < -0.4 is 0 Å². The first-order valence-electron chi connectivity index (χ1n) is 10.3. The molecule has 0 aliphatic heterocycles. The van der Waals surface area contributed by atoms with E-state index in [0.717, 1.165) is 35.5 Å². The average molecular weight is 291 g/mol. The third-order valence-corrected chi connectivity index (χ3v) is 7.59. The van der Waals surface area contributed by atoms with Crippen LogP contribution in [0.5, 0.6) is 0 Å². The Morgan fingerprint density at radius 1 is 0.571 bits per heavy atom. The van der Waals surface area contributed by atoms with Crippen molar-refractivity contribution < 1.29 is 0 Å². The lowest BCUT2D eigenvalue weighted by atomic mass is 9.73. The van der Waals surface area contributed by atoms with Gasteiger partial charge in [-0.05, 0) is 80.5 Å². The molecule has 4 unspecified atom stereocenters. The maximum Gasteiger partial charge on any atom is -0.0383 e. The molecule has 0 heteroatoms. The first-order valence-corrected chi connectivity index (χ1v) is 10.3. The molecule has 0 amide bonds. The lowest BCUT2D eigenvalue weighted by Gasteiger charge is -2.32. The summed E-state index contributed by atoms with van der Waals surface area (Å²) in [5.41, 5.74) is 0. The highest BCUT2D eigenvalue weighted by Gasteiger charge is 2.38. The molecular formula is C21H38. The second kappa shape index (κ2) is 7.51. The van der Waals surface area contributed by atoms with Crippen LogP contribution in [0.3, 0.4) is 0 Å². The van der Waals surface area contributed by atoms with Crippen LogP contribution in [0.15, 0.2) is 0 Å². The highest BCUT2D eigenvalue weighted by molar-refractivity contribution is 4.89. The molecule has 0 aromatic carbocycles. The van der Waals surface area contributed by atoms with Crippen LogP contribution in [0.2, 0.25) is 0 Å². The molecule has 4 atom stereocenters. The fourth-order valence-corrected chi connectivity index (χ4v) is 6.18. The largest absolute Gasteiger partial charge is 0.0654 e. The Balaban J connectivity index is 1.43. The summed E-state index contributed by atoms with van der Waals surface area (Å²) in [6, 6.07) is 0. The molecule has 0 aromatic heterocycles. The minimum Gasteiger partial charge on any atom is -0.0654 e. The summed E-state index contributed by atoms with van der Waals surface area (Å²) >= 11 is 0. The Kier molecular flexibility index (Phi) is 5.68. The van der Waals surface area contributed by atoms with Gasteiger partial charge in [0.25, 0.3) is 0 Å². The molecule has 0 aromatic rings. The minimum atomic E-state index is 1.08. The SMILES string of the molecule is CCCC1CCC(C2CCC(C3CCC(CC)C3)C2)CC1. The molecule has 3 aliphatic carbocycles. The van der Waals surface area contributed by atoms with Crippen molar-refractivity contribution in [3.05, 3.63) is 0 Å². The predicted molar refractivity (Wildman–Crippen MR) is 92.3 cm³/mol. The van der Waals surface area contributed by atoms with Gasteiger partial charge in [0.1, 0.15) is 0 Å². The van der Waals surface area contributed by atoms with E-state index in [4.69, 9.17) is 0 Å². The van der Waals surface area contributed by atoms with Gasteiger partial charge in [-0.25, -0.2) is 0 Å². The van der Waals surface area contributed by atoms with Crippen LogP contribution in [-0.4, -0.2) is 0 Å². The first kappa shape index (κ1) is 15.9. The van der Waals surface area contributed by atoms with Crippen molar-refractivity contribution in [2.75, 3.05) is 0 Å². The average Bonchev–Trinajstić information content (AvgIpc) is 3.17. The molecule has 0 saturated heterocycles. The molecule has 3 fully saturated rings. The summed E-state index contributed by atoms with van der Waals surface area (Å²) in [5.74, 6) is 6.66. The van der Waals surface area contributed by atoms with Gasteiger partial charge in [-0.2, -0.15) is 0 Å². The van der Waals surface area contributed by atoms with Gasteiger partial charge in [-0.1, -0.05) is 52.4 Å². The van der Waals surface area contributed by atoms with Gasteiger partial charge in [-0.3, -0.25) is 0 Å². The summed E-state index contributed by atoms with van der Waals surface area (Å²) < 4.78 is 0. The number of rotatable bonds is 5. The molecule has 0 bridgehead atoms. The Labute approximate surface area is 133 Å². The highest BCUT2D eigenvalue weighted by Crippen LogP contribution is 2.49. The highest BCUT2D eigenvalue weighted by atomic mass is 14.4. The van der Waals surface area contributed by atoms with Gasteiger partial charge in [0.15, 0.2) is 0 Å². The third-order valence-electron chi connectivity index (χ3n) is 7.59. The maximum atomic E-state index is 2.40. The van der Waals surface area contributed by atoms with Crippen molar-refractivity contribution in [2.45, 2.75) is 97.3 Å². The van der Waals surface area contributed by atoms with E-state index in [-0.39, 0.29) is 0 Å². The molecule has 21 heavy (non-hydrogen) atoms. The quantitative estimate of drug-likeness (QED) is 0.520. The monoisotopic (exact) mass is 290 g/mol. The van der Waals surface area contributed by atoms with E-state index in [1.54, 1.807) is 64.2 Å². The Bertz CT molecular complexity index is 299. The second-order valence-electron chi connectivity index (χ2n) is 8.75. The van der Waals surface area contributed by atoms with Crippen LogP contribution in [0, 0.1) is 35.5 Å². The van der Waals surface area contributed by atoms with Crippen molar-refractivity contribution in [3.8, 4) is 0 Å². The zero-order chi connectivity index (χ0) is 14.7. The van der Waals surface area contributed by atoms with Crippen molar-refractivity contribution >= 4 is 0 Å². The maximum absolute atomic E-state index is 2.40. The molecule has 0 radical (unpaired) electrons. The van der Waals surface area contributed by atoms with Crippen LogP contribution in [0.1, 0.15) is 97.3 Å². The van der Waals surface area contributed by atoms with Crippen LogP contribution in [0.25, 0.3) is 0 Å². The lowest BCUT2D eigenvalue weighted by Crippen LogP contribution is -2.21. The third kappa shape index (κ3) is 3.85. The normalized spacial score (nSPS) is 44.3. The Morgan fingerprint density at radius 2 is 1.10 bits per heavy atom. The topological polar surface area (TPSA) is 0 Å². The summed E-state index contributed by atoms with van der Waals surface area (Å²) in [6.07, 6.45) is 20.1. The molecule has 3 saturated carbocycles. The Hall–Kier alpha value is 0. The molecule has 3 rings (SSSR count). The fourth-order valence-electron chi connectivity index (χ4n) is 6.18. The molecule has 0 N–H and O–H groups in total. The second-order valence-corrected chi connectivity index (χ2v) is 8.75. The smallest absolute Gasteiger partial charge is 0.0383 e. The molecular weight excluding hydrogens is 252 g/mol. The van der Waals surface area contributed by atoms with E-state index in [1.807, 2.05) is 0 Å². The lowest BCUT2D eigenvalue weighted by molar-refractivity contribution is 0.191. The van der Waals surface area contributed by atoms with Gasteiger partial charge in [0.05, 0.1) is 0 Å². The van der Waals surface area contributed by atoms with E-state index in [9.17, 15) is 0 Å². The zero-order valence-electron chi connectivity index (χ0n) is 14.7. The van der Waals surface area contributed by atoms with Crippen LogP contribution in [-0.2, 0) is 0 Å². The first-order chi connectivity index (χ1) is 10.3. The van der Waals surface area contributed by atoms with Crippen molar-refractivity contribution in [1.29, 1.82) is 0 Å². The summed E-state index contributed by atoms with van der Waals surface area (Å²) in [4.78, 5) is 0. The van der Waals surface area contributed by atoms with E-state index in [0.29, 0.717) is 0 Å². The molecule has 0 heterocycles. The van der Waals surface area contributed by atoms with E-state index in [2.05, 4.69) is 13.8 Å². The Morgan fingerprint density at radius 3 is 1.71 bits per heavy atom. The zero-order valence-corrected chi connectivity index (χ0v) is 14.7. The predicted octanol–water partition coefficient (Wildman–Crippen LogP) is 6.84. The minimum absolute atomic E-state index is 1.08. The van der Waals surface area contributed by atoms with Crippen molar-refractivity contribution in [1.82, 2.24) is 0 Å². The molecule has 0 nitrogen and oxygen atoms in total. The van der Waals surface area contributed by atoms with Gasteiger partial charge >= 0.3 is 0 Å². The number of hydrogen-bond donors (Lipinski definition) is 0. The van der Waals surface area contributed by atoms with Gasteiger partial charge in [0.2, 0.25) is 0 Å². The molecule has 3 aliphatic rings. The molecule has 0 spiro atoms. The van der Waals surface area contributed by atoms with Crippen molar-refractivity contribution in [3.63, 3.8) is 0 Å². The number of hydrogen-bond acceptors (Lipinski definition) is 0. The standard InChI is InChI=1S/C21H38/c1-3-5-17-7-9-18(10-8-17)20-12-13-21(15-20)19-11-6-16(4-2)14-19/h16-21H,3-15H2,1-2H3. The van der Waals surface area contributed by atoms with E-state index in [1.165, 1.54) is 19.3 Å². The van der Waals surface area contributed by atoms with Gasteiger partial charge in [-0.15, -0.1) is 0 Å². The van der Waals surface area contributed by atoms with Gasteiger partial charge < -0.3 is 0 Å². The summed E-state index contributed by atoms with van der Waals surface area (Å²) in [7, 11) is 0. The van der Waals surface area contributed by atoms with Crippen LogP contribution >= 0.6 is 0 Å². The van der Waals surface area contributed by atoms with Gasteiger partial charge in [0, 0.05) is 0 Å². The van der Waals surface area contributed by atoms with E-state index >= 15 is 0 Å². The van der Waals surface area contributed by atoms with Crippen LogP contribution in [0.4, 0.5) is 0 Å².